The zero-order chi connectivity index (χ0) is 15.7. The maximum atomic E-state index is 10.8. The molecule has 1 aromatic carbocycles. The summed E-state index contributed by atoms with van der Waals surface area (Å²) in [5.74, 6) is 0.854. The molecule has 0 saturated heterocycles. The van der Waals surface area contributed by atoms with Gasteiger partial charge in [-0.3, -0.25) is 0 Å². The van der Waals surface area contributed by atoms with Crippen molar-refractivity contribution in [2.24, 2.45) is 0 Å². The minimum atomic E-state index is -0.600. The molecule has 1 rings (SSSR count). The van der Waals surface area contributed by atoms with Gasteiger partial charge in [-0.25, -0.2) is 0 Å². The van der Waals surface area contributed by atoms with E-state index < -0.39 is 13.2 Å². The molecule has 1 atom stereocenters. The zero-order valence-corrected chi connectivity index (χ0v) is 12.7. The lowest BCUT2D eigenvalue weighted by atomic mass is 9.88. The fourth-order valence-electron chi connectivity index (χ4n) is 1.92. The van der Waals surface area contributed by atoms with Gasteiger partial charge in [0.1, 0.15) is 11.5 Å². The summed E-state index contributed by atoms with van der Waals surface area (Å²) in [5, 5.41) is 22.0. The highest BCUT2D eigenvalue weighted by Crippen LogP contribution is 2.21. The number of rotatable bonds is 10. The first-order valence-corrected chi connectivity index (χ1v) is 7.30. The van der Waals surface area contributed by atoms with Gasteiger partial charge in [-0.05, 0) is 50.8 Å². The molecule has 1 unspecified atom stereocenters. The summed E-state index contributed by atoms with van der Waals surface area (Å²) in [6, 6.07) is 7.31. The number of aliphatic hydroxyl groups excluding tert-OH is 1. The van der Waals surface area contributed by atoms with Gasteiger partial charge in [0, 0.05) is 6.42 Å². The fraction of sp³-hybridized carbons (Fsp3) is 0.533. The van der Waals surface area contributed by atoms with Crippen molar-refractivity contribution in [3.63, 3.8) is 0 Å². The highest BCUT2D eigenvalue weighted by atomic mass is 16.5. The van der Waals surface area contributed by atoms with Crippen molar-refractivity contribution in [2.45, 2.75) is 39.1 Å². The Labute approximate surface area is 126 Å². The lowest BCUT2D eigenvalue weighted by Gasteiger charge is -2.13. The van der Waals surface area contributed by atoms with Crippen LogP contribution in [0.1, 0.15) is 37.9 Å². The molecule has 5 nitrogen and oxygen atoms in total. The van der Waals surface area contributed by atoms with Crippen molar-refractivity contribution in [3.8, 4) is 5.75 Å². The molecule has 0 saturated carbocycles. The van der Waals surface area contributed by atoms with E-state index in [1.165, 1.54) is 0 Å². The summed E-state index contributed by atoms with van der Waals surface area (Å²) in [6.07, 6.45) is 1.13. The van der Waals surface area contributed by atoms with E-state index in [0.29, 0.717) is 38.2 Å². The number of nitrogens with one attached hydrogen (secondary N) is 1. The Balaban J connectivity index is 2.41. The average molecular weight is 293 g/mol. The van der Waals surface area contributed by atoms with Gasteiger partial charge >= 0.3 is 7.05 Å². The van der Waals surface area contributed by atoms with Crippen LogP contribution in [0.3, 0.4) is 0 Å². The summed E-state index contributed by atoms with van der Waals surface area (Å²) in [6.45, 7) is 4.23. The monoisotopic (exact) mass is 293 g/mol. The molecule has 0 aliphatic rings. The van der Waals surface area contributed by atoms with E-state index in [0.717, 1.165) is 5.56 Å². The lowest BCUT2D eigenvalue weighted by Crippen LogP contribution is -2.31. The maximum Gasteiger partial charge on any atom is 0.373 e. The number of hydrogen-bond donors (Lipinski definition) is 3. The maximum absolute atomic E-state index is 10.8. The van der Waals surface area contributed by atoms with Crippen LogP contribution < -0.4 is 9.96 Å². The molecule has 0 fully saturated rings. The van der Waals surface area contributed by atoms with Gasteiger partial charge in [0.15, 0.2) is 0 Å². The number of hydrogen-bond acceptors (Lipinski definition) is 5. The Hall–Kier alpha value is -1.37. The van der Waals surface area contributed by atoms with Gasteiger partial charge in [-0.1, -0.05) is 12.1 Å². The van der Waals surface area contributed by atoms with Gasteiger partial charge in [0.05, 0.1) is 12.7 Å². The molecule has 3 N–H and O–H groups in total. The van der Waals surface area contributed by atoms with E-state index in [-0.39, 0.29) is 5.78 Å². The molecule has 1 aromatic rings. The molecule has 0 bridgehead atoms. The van der Waals surface area contributed by atoms with Crippen LogP contribution in [0.15, 0.2) is 24.3 Å². The van der Waals surface area contributed by atoms with E-state index >= 15 is 0 Å². The third kappa shape index (κ3) is 7.85. The molecule has 21 heavy (non-hydrogen) atoms. The van der Waals surface area contributed by atoms with Gasteiger partial charge in [0.25, 0.3) is 0 Å². The summed E-state index contributed by atoms with van der Waals surface area (Å²) in [5.41, 5.74) is 0.784. The Morgan fingerprint density at radius 3 is 2.90 bits per heavy atom. The van der Waals surface area contributed by atoms with Crippen LogP contribution in [0.2, 0.25) is 6.82 Å². The van der Waals surface area contributed by atoms with Crippen molar-refractivity contribution in [1.82, 2.24) is 5.23 Å². The largest absolute Gasteiger partial charge is 0.494 e. The Kier molecular flexibility index (Phi) is 8.04. The quantitative estimate of drug-likeness (QED) is 0.451. The Bertz CT molecular complexity index is 439. The second kappa shape index (κ2) is 9.55. The Morgan fingerprint density at radius 1 is 1.48 bits per heavy atom. The van der Waals surface area contributed by atoms with Crippen LogP contribution in [0, 0.1) is 0 Å². The summed E-state index contributed by atoms with van der Waals surface area (Å²) in [7, 11) is -0.576. The minimum absolute atomic E-state index is 0.161. The molecular formula is C15H24BNO4. The normalized spacial score (nSPS) is 12.0. The summed E-state index contributed by atoms with van der Waals surface area (Å²) in [4.78, 5) is 10.8. The number of ether oxygens (including phenoxy) is 1. The van der Waals surface area contributed by atoms with Crippen LogP contribution in [-0.4, -0.2) is 36.1 Å². The second-order valence-electron chi connectivity index (χ2n) is 5.16. The van der Waals surface area contributed by atoms with E-state index in [2.05, 4.69) is 5.23 Å². The van der Waals surface area contributed by atoms with Gasteiger partial charge in [-0.15, -0.1) is 0 Å². The average Bonchev–Trinajstić information content (AvgIpc) is 2.43. The number of ketones is 1. The first-order valence-electron chi connectivity index (χ1n) is 7.30. The SMILES string of the molecule is CB(O)NCCC(O)c1cccc(OCCCC(C)=O)c1. The molecule has 0 spiro atoms. The van der Waals surface area contributed by atoms with Crippen LogP contribution >= 0.6 is 0 Å². The summed E-state index contributed by atoms with van der Waals surface area (Å²) >= 11 is 0. The number of benzene rings is 1. The van der Waals surface area contributed by atoms with E-state index in [4.69, 9.17) is 9.76 Å². The van der Waals surface area contributed by atoms with Crippen molar-refractivity contribution >= 4 is 12.8 Å². The number of aliphatic hydroxyl groups is 1. The molecule has 0 aliphatic heterocycles. The van der Waals surface area contributed by atoms with Gasteiger partial charge in [0.2, 0.25) is 0 Å². The van der Waals surface area contributed by atoms with Crippen molar-refractivity contribution < 1.29 is 19.7 Å². The third-order valence-corrected chi connectivity index (χ3v) is 3.04. The smallest absolute Gasteiger partial charge is 0.373 e. The second-order valence-corrected chi connectivity index (χ2v) is 5.16. The molecule has 0 aromatic heterocycles. The Morgan fingerprint density at radius 2 is 2.24 bits per heavy atom. The van der Waals surface area contributed by atoms with E-state index in [1.807, 2.05) is 18.2 Å². The van der Waals surface area contributed by atoms with Crippen molar-refractivity contribution in [1.29, 1.82) is 0 Å². The van der Waals surface area contributed by atoms with Crippen LogP contribution in [-0.2, 0) is 4.79 Å². The fourth-order valence-corrected chi connectivity index (χ4v) is 1.92. The first kappa shape index (κ1) is 17.7. The first-order chi connectivity index (χ1) is 9.99. The molecule has 6 heteroatoms. The van der Waals surface area contributed by atoms with Crippen LogP contribution in [0.4, 0.5) is 0 Å². The van der Waals surface area contributed by atoms with Crippen LogP contribution in [0.25, 0.3) is 0 Å². The number of carbonyl (C=O) groups is 1. The third-order valence-electron chi connectivity index (χ3n) is 3.04. The predicted molar refractivity (Wildman–Crippen MR) is 83.3 cm³/mol. The number of carbonyl (C=O) groups excluding carboxylic acids is 1. The lowest BCUT2D eigenvalue weighted by molar-refractivity contribution is -0.117. The van der Waals surface area contributed by atoms with Gasteiger partial charge < -0.3 is 24.9 Å². The summed E-state index contributed by atoms with van der Waals surface area (Å²) < 4.78 is 5.57. The molecular weight excluding hydrogens is 269 g/mol. The zero-order valence-electron chi connectivity index (χ0n) is 12.7. The molecule has 0 aliphatic carbocycles. The van der Waals surface area contributed by atoms with Gasteiger partial charge in [-0.2, -0.15) is 0 Å². The molecule has 0 heterocycles. The molecule has 116 valence electrons. The standard InChI is InChI=1S/C15H24BNO4/c1-12(18)5-4-10-21-14-7-3-6-13(11-14)15(19)8-9-17-16(2)20/h3,6-7,11,15,17,19-20H,4-5,8-10H2,1-2H3. The predicted octanol–water partition coefficient (Wildman–Crippen LogP) is 1.56. The van der Waals surface area contributed by atoms with Crippen molar-refractivity contribution in [3.05, 3.63) is 29.8 Å². The van der Waals surface area contributed by atoms with Crippen LogP contribution in [0.5, 0.6) is 5.75 Å². The number of Topliss-reactive ketones (excluding diaryl/α,β-unsaturated/α-hetero) is 1. The minimum Gasteiger partial charge on any atom is -0.494 e. The highest BCUT2D eigenvalue weighted by Gasteiger charge is 2.09. The van der Waals surface area contributed by atoms with E-state index in [9.17, 15) is 9.90 Å². The molecule has 0 radical (unpaired) electrons. The topological polar surface area (TPSA) is 78.8 Å². The highest BCUT2D eigenvalue weighted by molar-refractivity contribution is 6.45. The van der Waals surface area contributed by atoms with E-state index in [1.54, 1.807) is 19.8 Å². The van der Waals surface area contributed by atoms with Crippen molar-refractivity contribution in [2.75, 3.05) is 13.2 Å². The molecule has 0 amide bonds.